The summed E-state index contributed by atoms with van der Waals surface area (Å²) in [6, 6.07) is 7.00. The minimum Gasteiger partial charge on any atom is -0.478 e. The van der Waals surface area contributed by atoms with Crippen molar-refractivity contribution in [3.63, 3.8) is 0 Å². The number of aromatic carboxylic acids is 4. The number of carboxylic acid groups (broad SMARTS) is 4. The van der Waals surface area contributed by atoms with Crippen molar-refractivity contribution >= 4 is 23.9 Å². The van der Waals surface area contributed by atoms with Crippen LogP contribution in [0.3, 0.4) is 0 Å². The Kier molecular flexibility index (Phi) is 5.23. The zero-order valence-electron chi connectivity index (χ0n) is 14.9. The van der Waals surface area contributed by atoms with Crippen molar-refractivity contribution in [2.24, 2.45) is 0 Å². The van der Waals surface area contributed by atoms with Gasteiger partial charge in [0.15, 0.2) is 0 Å². The van der Waals surface area contributed by atoms with Crippen LogP contribution in [-0.4, -0.2) is 54.3 Å². The maximum Gasteiger partial charge on any atom is 0.335 e. The van der Waals surface area contributed by atoms with Crippen LogP contribution in [-0.2, 0) is 0 Å². The smallest absolute Gasteiger partial charge is 0.335 e. The minimum absolute atomic E-state index is 0.178. The van der Waals surface area contributed by atoms with Crippen LogP contribution in [0, 0.1) is 0 Å². The summed E-state index contributed by atoms with van der Waals surface area (Å²) in [4.78, 5) is 53.3. The molecule has 10 heteroatoms. The lowest BCUT2D eigenvalue weighted by Gasteiger charge is -2.07. The van der Waals surface area contributed by atoms with Gasteiger partial charge in [0.05, 0.1) is 46.0 Å². The van der Waals surface area contributed by atoms with E-state index >= 15 is 0 Å². The van der Waals surface area contributed by atoms with E-state index in [2.05, 4.69) is 9.97 Å². The molecule has 150 valence electrons. The number of carboxylic acids is 4. The largest absolute Gasteiger partial charge is 0.478 e. The zero-order chi connectivity index (χ0) is 22.0. The molecule has 0 aliphatic carbocycles. The lowest BCUT2D eigenvalue weighted by atomic mass is 10.0. The molecule has 0 radical (unpaired) electrons. The number of hydrogen-bond donors (Lipinski definition) is 4. The van der Waals surface area contributed by atoms with Crippen molar-refractivity contribution in [2.75, 3.05) is 0 Å². The predicted octanol–water partition coefficient (Wildman–Crippen LogP) is 2.60. The molecule has 0 saturated carbocycles. The molecular weight excluding hydrogens is 396 g/mol. The van der Waals surface area contributed by atoms with E-state index in [0.717, 1.165) is 12.1 Å². The average molecular weight is 408 g/mol. The lowest BCUT2D eigenvalue weighted by Crippen LogP contribution is -2.04. The molecule has 2 aromatic carbocycles. The van der Waals surface area contributed by atoms with Crippen LogP contribution in [0.1, 0.15) is 41.4 Å². The molecule has 0 amide bonds. The highest BCUT2D eigenvalue weighted by atomic mass is 16.4. The van der Waals surface area contributed by atoms with E-state index in [9.17, 15) is 39.6 Å². The summed E-state index contributed by atoms with van der Waals surface area (Å²) in [5, 5.41) is 36.7. The van der Waals surface area contributed by atoms with Crippen LogP contribution in [0.4, 0.5) is 0 Å². The molecular formula is C20H12N2O8. The monoisotopic (exact) mass is 408 g/mol. The van der Waals surface area contributed by atoms with Crippen molar-refractivity contribution in [1.29, 1.82) is 0 Å². The van der Waals surface area contributed by atoms with Crippen molar-refractivity contribution in [3.05, 3.63) is 71.0 Å². The van der Waals surface area contributed by atoms with Gasteiger partial charge < -0.3 is 20.4 Å². The molecule has 0 unspecified atom stereocenters. The fraction of sp³-hybridized carbons (Fsp3) is 0. The van der Waals surface area contributed by atoms with E-state index in [4.69, 9.17) is 0 Å². The first-order chi connectivity index (χ1) is 14.2. The van der Waals surface area contributed by atoms with Crippen LogP contribution >= 0.6 is 0 Å². The molecule has 1 aromatic heterocycles. The average Bonchev–Trinajstić information content (AvgIpc) is 2.73. The molecule has 3 rings (SSSR count). The second-order valence-corrected chi connectivity index (χ2v) is 6.11. The first-order valence-electron chi connectivity index (χ1n) is 8.22. The topological polar surface area (TPSA) is 175 Å². The van der Waals surface area contributed by atoms with E-state index < -0.39 is 23.9 Å². The summed E-state index contributed by atoms with van der Waals surface area (Å²) in [7, 11) is 0. The second-order valence-electron chi connectivity index (χ2n) is 6.11. The van der Waals surface area contributed by atoms with E-state index in [1.165, 1.54) is 36.7 Å². The summed E-state index contributed by atoms with van der Waals surface area (Å²) in [6.45, 7) is 0. The Morgan fingerprint density at radius 1 is 0.500 bits per heavy atom. The Hall–Kier alpha value is -4.60. The third-order valence-corrected chi connectivity index (χ3v) is 4.10. The normalized spacial score (nSPS) is 10.4. The van der Waals surface area contributed by atoms with Gasteiger partial charge in [-0.05, 0) is 36.4 Å². The standard InChI is InChI=1S/C20H12N2O8/c23-17(24)11-1-9(2-12(5-11)18(25)26)15-7-22-16(8-21-15)10-3-13(19(27)28)6-14(4-10)20(29)30/h1-8H,(H,23,24)(H,25,26)(H,27,28)(H,29,30). The first kappa shape index (κ1) is 20.1. The SMILES string of the molecule is O=C(O)c1cc(C(=O)O)cc(-c2cnc(-c3cc(C(=O)O)cc(C(=O)O)c3)cn2)c1. The van der Waals surface area contributed by atoms with Gasteiger partial charge in [-0.1, -0.05) is 0 Å². The van der Waals surface area contributed by atoms with E-state index in [0.29, 0.717) is 0 Å². The number of aromatic nitrogens is 2. The molecule has 30 heavy (non-hydrogen) atoms. The summed E-state index contributed by atoms with van der Waals surface area (Å²) in [5.41, 5.74) is -0.192. The fourth-order valence-corrected chi connectivity index (χ4v) is 2.67. The van der Waals surface area contributed by atoms with Gasteiger partial charge in [-0.15, -0.1) is 0 Å². The number of hydrogen-bond acceptors (Lipinski definition) is 6. The summed E-state index contributed by atoms with van der Waals surface area (Å²) in [5.74, 6) is -5.24. The Labute approximate surface area is 167 Å². The number of carbonyl (C=O) groups is 4. The third-order valence-electron chi connectivity index (χ3n) is 4.10. The molecule has 0 atom stereocenters. The molecule has 1 heterocycles. The highest BCUT2D eigenvalue weighted by Crippen LogP contribution is 2.24. The maximum atomic E-state index is 11.2. The van der Waals surface area contributed by atoms with Crippen LogP contribution in [0.15, 0.2) is 48.8 Å². The molecule has 0 fully saturated rings. The number of rotatable bonds is 6. The summed E-state index contributed by atoms with van der Waals surface area (Å²) in [6.07, 6.45) is 2.49. The van der Waals surface area contributed by atoms with Gasteiger partial charge in [-0.2, -0.15) is 0 Å². The van der Waals surface area contributed by atoms with Gasteiger partial charge in [0.1, 0.15) is 0 Å². The molecule has 4 N–H and O–H groups in total. The predicted molar refractivity (Wildman–Crippen MR) is 101 cm³/mol. The molecule has 0 bridgehead atoms. The summed E-state index contributed by atoms with van der Waals surface area (Å²) < 4.78 is 0. The van der Waals surface area contributed by atoms with Crippen LogP contribution in [0.2, 0.25) is 0 Å². The molecule has 0 aliphatic heterocycles. The quantitative estimate of drug-likeness (QED) is 0.474. The minimum atomic E-state index is -1.31. The number of benzene rings is 2. The Morgan fingerprint density at radius 2 is 0.767 bits per heavy atom. The molecule has 0 spiro atoms. The highest BCUT2D eigenvalue weighted by Gasteiger charge is 2.15. The van der Waals surface area contributed by atoms with Gasteiger partial charge in [-0.3, -0.25) is 9.97 Å². The van der Waals surface area contributed by atoms with Crippen molar-refractivity contribution in [2.45, 2.75) is 0 Å². The summed E-state index contributed by atoms with van der Waals surface area (Å²) >= 11 is 0. The van der Waals surface area contributed by atoms with Crippen molar-refractivity contribution in [1.82, 2.24) is 9.97 Å². The van der Waals surface area contributed by atoms with E-state index in [1.807, 2.05) is 0 Å². The first-order valence-corrected chi connectivity index (χ1v) is 8.22. The zero-order valence-corrected chi connectivity index (χ0v) is 14.9. The molecule has 0 aliphatic rings. The molecule has 0 saturated heterocycles. The van der Waals surface area contributed by atoms with Crippen molar-refractivity contribution < 1.29 is 39.6 Å². The van der Waals surface area contributed by atoms with Gasteiger partial charge in [0.25, 0.3) is 0 Å². The molecule has 10 nitrogen and oxygen atoms in total. The Bertz CT molecular complexity index is 1040. The second kappa shape index (κ2) is 7.80. The Balaban J connectivity index is 2.06. The van der Waals surface area contributed by atoms with Gasteiger partial charge in [-0.25, -0.2) is 19.2 Å². The van der Waals surface area contributed by atoms with Crippen LogP contribution in [0.25, 0.3) is 22.5 Å². The Morgan fingerprint density at radius 3 is 0.967 bits per heavy atom. The van der Waals surface area contributed by atoms with E-state index in [1.54, 1.807) is 0 Å². The van der Waals surface area contributed by atoms with Gasteiger partial charge in [0, 0.05) is 11.1 Å². The fourth-order valence-electron chi connectivity index (χ4n) is 2.67. The third kappa shape index (κ3) is 4.12. The van der Waals surface area contributed by atoms with Crippen molar-refractivity contribution in [3.8, 4) is 22.5 Å². The van der Waals surface area contributed by atoms with E-state index in [-0.39, 0.29) is 44.8 Å². The highest BCUT2D eigenvalue weighted by molar-refractivity contribution is 5.97. The van der Waals surface area contributed by atoms with Gasteiger partial charge >= 0.3 is 23.9 Å². The molecule has 3 aromatic rings. The van der Waals surface area contributed by atoms with Crippen LogP contribution in [0.5, 0.6) is 0 Å². The van der Waals surface area contributed by atoms with Gasteiger partial charge in [0.2, 0.25) is 0 Å². The number of nitrogens with zero attached hydrogens (tertiary/aromatic N) is 2. The lowest BCUT2D eigenvalue weighted by molar-refractivity contribution is 0.0676. The van der Waals surface area contributed by atoms with Crippen LogP contribution < -0.4 is 0 Å². The maximum absolute atomic E-state index is 11.2.